The smallest absolute Gasteiger partial charge is 0.237 e. The van der Waals surface area contributed by atoms with Crippen LogP contribution >= 0.6 is 11.8 Å². The van der Waals surface area contributed by atoms with Crippen molar-refractivity contribution in [3.63, 3.8) is 0 Å². The van der Waals surface area contributed by atoms with Gasteiger partial charge in [0.05, 0.1) is 17.1 Å². The lowest BCUT2D eigenvalue weighted by molar-refractivity contribution is -0.117. The molecule has 2 heterocycles. The zero-order valence-electron chi connectivity index (χ0n) is 13.6. The Hall–Kier alpha value is -2.35. The van der Waals surface area contributed by atoms with Crippen molar-refractivity contribution in [3.8, 4) is 0 Å². The zero-order valence-corrected chi connectivity index (χ0v) is 14.4. The van der Waals surface area contributed by atoms with Gasteiger partial charge in [0.1, 0.15) is 6.33 Å². The fourth-order valence-electron chi connectivity index (χ4n) is 2.74. The van der Waals surface area contributed by atoms with E-state index in [-0.39, 0.29) is 30.0 Å². The van der Waals surface area contributed by atoms with Crippen LogP contribution < -0.4 is 10.2 Å². The average molecular weight is 345 g/mol. The van der Waals surface area contributed by atoms with E-state index < -0.39 is 0 Å². The van der Waals surface area contributed by atoms with Crippen LogP contribution in [0.25, 0.3) is 0 Å². The maximum absolute atomic E-state index is 12.8. The van der Waals surface area contributed by atoms with Crippen LogP contribution in [0.15, 0.2) is 35.7 Å². The quantitative estimate of drug-likeness (QED) is 0.859. The van der Waals surface area contributed by atoms with E-state index in [0.717, 1.165) is 17.4 Å². The lowest BCUT2D eigenvalue weighted by Gasteiger charge is -2.27. The number of para-hydroxylation sites is 2. The van der Waals surface area contributed by atoms with E-state index in [1.165, 1.54) is 11.8 Å². The van der Waals surface area contributed by atoms with Gasteiger partial charge in [0.25, 0.3) is 0 Å². The second-order valence-corrected chi connectivity index (χ2v) is 6.51. The molecular formula is C16H19N5O2S. The number of carbonyl (C=O) groups is 2. The van der Waals surface area contributed by atoms with Gasteiger partial charge in [-0.2, -0.15) is 0 Å². The summed E-state index contributed by atoms with van der Waals surface area (Å²) in [6.07, 6.45) is 1.93. The molecule has 1 aliphatic heterocycles. The molecule has 0 saturated carbocycles. The Morgan fingerprint density at radius 3 is 3.00 bits per heavy atom. The van der Waals surface area contributed by atoms with Crippen molar-refractivity contribution >= 4 is 35.0 Å². The van der Waals surface area contributed by atoms with E-state index >= 15 is 0 Å². The third kappa shape index (κ3) is 3.28. The summed E-state index contributed by atoms with van der Waals surface area (Å²) in [7, 11) is 0. The number of carbonyl (C=O) groups excluding carboxylic acids is 2. The normalized spacial score (nSPS) is 17.2. The van der Waals surface area contributed by atoms with E-state index in [4.69, 9.17) is 0 Å². The topological polar surface area (TPSA) is 80.1 Å². The summed E-state index contributed by atoms with van der Waals surface area (Å²) in [5.74, 6) is 0.108. The number of hydrogen-bond acceptors (Lipinski definition) is 5. The van der Waals surface area contributed by atoms with Gasteiger partial charge in [-0.3, -0.25) is 9.59 Å². The number of aryl methyl sites for hydroxylation is 1. The van der Waals surface area contributed by atoms with Crippen molar-refractivity contribution < 1.29 is 9.59 Å². The first-order valence-corrected chi connectivity index (χ1v) is 8.80. The average Bonchev–Trinajstić information content (AvgIpc) is 2.97. The molecule has 1 aromatic carbocycles. The molecule has 0 radical (unpaired) electrons. The standard InChI is InChI=1S/C16H19N5O2S/c1-3-20-10-17-19-16(20)24-9-15(23)21-11(2)8-14(22)18-12-6-4-5-7-13(12)21/h4-7,10-11H,3,8-9H2,1-2H3,(H,18,22)/t11-/m1/s1. The number of amides is 2. The summed E-state index contributed by atoms with van der Waals surface area (Å²) < 4.78 is 1.89. The van der Waals surface area contributed by atoms with Crippen molar-refractivity contribution in [1.82, 2.24) is 14.8 Å². The molecule has 0 aliphatic carbocycles. The molecule has 0 saturated heterocycles. The Bertz CT molecular complexity index is 760. The molecule has 24 heavy (non-hydrogen) atoms. The van der Waals surface area contributed by atoms with E-state index in [1.807, 2.05) is 42.7 Å². The van der Waals surface area contributed by atoms with Gasteiger partial charge in [0.2, 0.25) is 11.8 Å². The SMILES string of the molecule is CCn1cnnc1SCC(=O)N1c2ccccc2NC(=O)C[C@H]1C. The Kier molecular flexibility index (Phi) is 4.84. The third-order valence-electron chi connectivity index (χ3n) is 3.87. The highest BCUT2D eigenvalue weighted by atomic mass is 32.2. The lowest BCUT2D eigenvalue weighted by Crippen LogP contribution is -2.40. The molecule has 0 unspecified atom stereocenters. The van der Waals surface area contributed by atoms with Gasteiger partial charge in [-0.1, -0.05) is 23.9 Å². The molecule has 0 bridgehead atoms. The van der Waals surface area contributed by atoms with Gasteiger partial charge < -0.3 is 14.8 Å². The summed E-state index contributed by atoms with van der Waals surface area (Å²) in [6.45, 7) is 4.64. The van der Waals surface area contributed by atoms with Crippen LogP contribution in [-0.4, -0.2) is 38.4 Å². The first-order chi connectivity index (χ1) is 11.6. The minimum atomic E-state index is -0.203. The predicted octanol–water partition coefficient (Wildman–Crippen LogP) is 2.15. The summed E-state index contributed by atoms with van der Waals surface area (Å²) >= 11 is 1.36. The van der Waals surface area contributed by atoms with Crippen LogP contribution in [0.2, 0.25) is 0 Å². The predicted molar refractivity (Wildman–Crippen MR) is 93.1 cm³/mol. The minimum absolute atomic E-state index is 0.0536. The molecule has 126 valence electrons. The van der Waals surface area contributed by atoms with E-state index in [1.54, 1.807) is 11.2 Å². The molecule has 8 heteroatoms. The lowest BCUT2D eigenvalue weighted by atomic mass is 10.2. The molecular weight excluding hydrogens is 326 g/mol. The monoisotopic (exact) mass is 345 g/mol. The number of rotatable bonds is 4. The summed E-state index contributed by atoms with van der Waals surface area (Å²) in [6, 6.07) is 7.17. The van der Waals surface area contributed by atoms with Gasteiger partial charge >= 0.3 is 0 Å². The van der Waals surface area contributed by atoms with Crippen LogP contribution in [0.1, 0.15) is 20.3 Å². The van der Waals surface area contributed by atoms with Crippen LogP contribution in [0.4, 0.5) is 11.4 Å². The van der Waals surface area contributed by atoms with Crippen LogP contribution in [0.3, 0.4) is 0 Å². The Balaban J connectivity index is 1.81. The number of thioether (sulfide) groups is 1. The van der Waals surface area contributed by atoms with Gasteiger partial charge in [-0.05, 0) is 26.0 Å². The largest absolute Gasteiger partial charge is 0.324 e. The molecule has 0 fully saturated rings. The molecule has 0 spiro atoms. The summed E-state index contributed by atoms with van der Waals surface area (Å²) in [5, 5.41) is 11.5. The number of anilines is 2. The fraction of sp³-hybridized carbons (Fsp3) is 0.375. The van der Waals surface area contributed by atoms with E-state index in [9.17, 15) is 9.59 Å². The highest BCUT2D eigenvalue weighted by Gasteiger charge is 2.29. The first-order valence-electron chi connectivity index (χ1n) is 7.81. The molecule has 7 nitrogen and oxygen atoms in total. The maximum Gasteiger partial charge on any atom is 0.237 e. The van der Waals surface area contributed by atoms with Gasteiger partial charge in [-0.15, -0.1) is 10.2 Å². The Labute approximate surface area is 144 Å². The van der Waals surface area contributed by atoms with Crippen LogP contribution in [0.5, 0.6) is 0 Å². The second kappa shape index (κ2) is 7.04. The third-order valence-corrected chi connectivity index (χ3v) is 4.84. The van der Waals surface area contributed by atoms with Gasteiger partial charge in [-0.25, -0.2) is 0 Å². The highest BCUT2D eigenvalue weighted by molar-refractivity contribution is 7.99. The van der Waals surface area contributed by atoms with Crippen molar-refractivity contribution in [2.24, 2.45) is 0 Å². The second-order valence-electron chi connectivity index (χ2n) is 5.57. The minimum Gasteiger partial charge on any atom is -0.324 e. The molecule has 2 aromatic rings. The van der Waals surface area contributed by atoms with Gasteiger partial charge in [0, 0.05) is 19.0 Å². The number of fused-ring (bicyclic) bond motifs is 1. The number of nitrogens with one attached hydrogen (secondary N) is 1. The van der Waals surface area contributed by atoms with E-state index in [0.29, 0.717) is 5.69 Å². The Morgan fingerprint density at radius 2 is 2.21 bits per heavy atom. The van der Waals surface area contributed by atoms with E-state index in [2.05, 4.69) is 15.5 Å². The van der Waals surface area contributed by atoms with Crippen LogP contribution in [-0.2, 0) is 16.1 Å². The van der Waals surface area contributed by atoms with Gasteiger partial charge in [0.15, 0.2) is 5.16 Å². The summed E-state index contributed by atoms with van der Waals surface area (Å²) in [5.41, 5.74) is 1.40. The van der Waals surface area contributed by atoms with Crippen LogP contribution in [0, 0.1) is 0 Å². The first kappa shape index (κ1) is 16.5. The molecule has 3 rings (SSSR count). The van der Waals surface area contributed by atoms with Crippen molar-refractivity contribution in [2.75, 3.05) is 16.0 Å². The molecule has 1 atom stereocenters. The highest BCUT2D eigenvalue weighted by Crippen LogP contribution is 2.32. The van der Waals surface area contributed by atoms with Crippen molar-refractivity contribution in [2.45, 2.75) is 38.0 Å². The zero-order chi connectivity index (χ0) is 17.1. The number of benzene rings is 1. The number of hydrogen-bond donors (Lipinski definition) is 1. The summed E-state index contributed by atoms with van der Waals surface area (Å²) in [4.78, 5) is 26.5. The maximum atomic E-state index is 12.8. The molecule has 1 aromatic heterocycles. The Morgan fingerprint density at radius 1 is 1.42 bits per heavy atom. The molecule has 2 amide bonds. The molecule has 1 aliphatic rings. The molecule has 1 N–H and O–H groups in total. The van der Waals surface area contributed by atoms with Crippen molar-refractivity contribution in [1.29, 1.82) is 0 Å². The fourth-order valence-corrected chi connectivity index (χ4v) is 3.58. The number of aromatic nitrogens is 3. The number of nitrogens with zero attached hydrogens (tertiary/aromatic N) is 4. The van der Waals surface area contributed by atoms with Crippen molar-refractivity contribution in [3.05, 3.63) is 30.6 Å².